The lowest BCUT2D eigenvalue weighted by molar-refractivity contribution is -0.132. The van der Waals surface area contributed by atoms with Gasteiger partial charge in [-0.25, -0.2) is 0 Å². The zero-order chi connectivity index (χ0) is 11.5. The summed E-state index contributed by atoms with van der Waals surface area (Å²) in [5.74, 6) is 0.655. The highest BCUT2D eigenvalue weighted by Gasteiger charge is 2.26. The molecule has 1 amide bonds. The van der Waals surface area contributed by atoms with Gasteiger partial charge in [0.15, 0.2) is 0 Å². The number of nitrogens with zero attached hydrogens (tertiary/aromatic N) is 1. The van der Waals surface area contributed by atoms with Crippen LogP contribution in [0.5, 0.6) is 0 Å². The Morgan fingerprint density at radius 3 is 3.12 bits per heavy atom. The summed E-state index contributed by atoms with van der Waals surface area (Å²) in [5.41, 5.74) is 5.94. The van der Waals surface area contributed by atoms with Crippen molar-refractivity contribution < 1.29 is 4.79 Å². The van der Waals surface area contributed by atoms with E-state index in [1.165, 1.54) is 0 Å². The van der Waals surface area contributed by atoms with Crippen LogP contribution in [0, 0.1) is 5.92 Å². The van der Waals surface area contributed by atoms with Crippen LogP contribution in [0.3, 0.4) is 0 Å². The smallest absolute Gasteiger partial charge is 0.227 e. The Labute approximate surface area is 100 Å². The summed E-state index contributed by atoms with van der Waals surface area (Å²) in [5, 5.41) is 2.01. The molecule has 0 saturated carbocycles. The maximum atomic E-state index is 12.0. The highest BCUT2D eigenvalue weighted by atomic mass is 32.1. The molecule has 2 unspecified atom stereocenters. The third-order valence-electron chi connectivity index (χ3n) is 3.23. The van der Waals surface area contributed by atoms with E-state index in [2.05, 4.69) is 6.92 Å². The number of piperidine rings is 1. The minimum Gasteiger partial charge on any atom is -0.342 e. The molecular weight excluding hydrogens is 220 g/mol. The van der Waals surface area contributed by atoms with Crippen LogP contribution in [-0.4, -0.2) is 29.9 Å². The molecule has 0 radical (unpaired) electrons. The van der Waals surface area contributed by atoms with Crippen molar-refractivity contribution in [3.05, 3.63) is 22.4 Å². The van der Waals surface area contributed by atoms with Crippen molar-refractivity contribution >= 4 is 17.2 Å². The molecule has 2 atom stereocenters. The minimum absolute atomic E-state index is 0.237. The van der Waals surface area contributed by atoms with Gasteiger partial charge in [0.1, 0.15) is 0 Å². The zero-order valence-electron chi connectivity index (χ0n) is 9.56. The predicted octanol–water partition coefficient (Wildman–Crippen LogP) is 1.49. The normalized spacial score (nSPS) is 25.8. The molecule has 1 saturated heterocycles. The third kappa shape index (κ3) is 2.62. The van der Waals surface area contributed by atoms with Crippen molar-refractivity contribution in [2.24, 2.45) is 11.7 Å². The average Bonchev–Trinajstić information content (AvgIpc) is 2.74. The molecule has 2 heterocycles. The van der Waals surface area contributed by atoms with Crippen molar-refractivity contribution in [3.63, 3.8) is 0 Å². The molecule has 88 valence electrons. The summed E-state index contributed by atoms with van der Waals surface area (Å²) in [6.07, 6.45) is 1.47. The lowest BCUT2D eigenvalue weighted by atomic mass is 9.94. The minimum atomic E-state index is 0.237. The number of amides is 1. The number of rotatable bonds is 2. The van der Waals surface area contributed by atoms with E-state index in [-0.39, 0.29) is 11.9 Å². The van der Waals surface area contributed by atoms with Crippen molar-refractivity contribution in [1.82, 2.24) is 4.90 Å². The van der Waals surface area contributed by atoms with Gasteiger partial charge in [-0.05, 0) is 23.8 Å². The molecule has 1 aromatic rings. The van der Waals surface area contributed by atoms with Crippen molar-refractivity contribution in [3.8, 4) is 0 Å². The van der Waals surface area contributed by atoms with E-state index in [9.17, 15) is 4.79 Å². The van der Waals surface area contributed by atoms with Gasteiger partial charge < -0.3 is 10.6 Å². The Kier molecular flexibility index (Phi) is 3.61. The van der Waals surface area contributed by atoms with Crippen LogP contribution >= 0.6 is 11.3 Å². The molecule has 0 aromatic carbocycles. The van der Waals surface area contributed by atoms with Crippen LogP contribution in [0.4, 0.5) is 0 Å². The van der Waals surface area contributed by atoms with E-state index >= 15 is 0 Å². The lowest BCUT2D eigenvalue weighted by Crippen LogP contribution is -2.48. The standard InChI is InChI=1S/C12H18N2OS/c1-9-8-14(5-4-11(9)13)12(15)7-10-3-2-6-16-10/h2-3,6,9,11H,4-5,7-8,13H2,1H3. The van der Waals surface area contributed by atoms with Gasteiger partial charge in [0.2, 0.25) is 5.91 Å². The summed E-state index contributed by atoms with van der Waals surface area (Å²) in [4.78, 5) is 15.1. The molecule has 0 aliphatic carbocycles. The molecule has 1 fully saturated rings. The Bertz CT molecular complexity index is 350. The molecular formula is C12H18N2OS. The molecule has 0 bridgehead atoms. The molecule has 16 heavy (non-hydrogen) atoms. The first-order valence-corrected chi connectivity index (χ1v) is 6.60. The Balaban J connectivity index is 1.90. The number of carbonyl (C=O) groups excluding carboxylic acids is 1. The van der Waals surface area contributed by atoms with E-state index in [0.717, 1.165) is 24.4 Å². The molecule has 3 nitrogen and oxygen atoms in total. The fourth-order valence-corrected chi connectivity index (χ4v) is 2.76. The molecule has 2 rings (SSSR count). The first-order valence-electron chi connectivity index (χ1n) is 5.72. The van der Waals surface area contributed by atoms with Gasteiger partial charge in [0.05, 0.1) is 6.42 Å². The van der Waals surface area contributed by atoms with Gasteiger partial charge in [-0.15, -0.1) is 11.3 Å². The highest BCUT2D eigenvalue weighted by molar-refractivity contribution is 7.10. The van der Waals surface area contributed by atoms with E-state index in [0.29, 0.717) is 12.3 Å². The molecule has 1 aromatic heterocycles. The van der Waals surface area contributed by atoms with Gasteiger partial charge in [-0.3, -0.25) is 4.79 Å². The predicted molar refractivity (Wildman–Crippen MR) is 66.4 cm³/mol. The summed E-state index contributed by atoms with van der Waals surface area (Å²) in [6, 6.07) is 4.26. The zero-order valence-corrected chi connectivity index (χ0v) is 10.4. The van der Waals surface area contributed by atoms with E-state index in [1.54, 1.807) is 11.3 Å². The molecule has 1 aliphatic heterocycles. The maximum absolute atomic E-state index is 12.0. The number of hydrogen-bond acceptors (Lipinski definition) is 3. The SMILES string of the molecule is CC1CN(C(=O)Cc2cccs2)CCC1N. The number of carbonyl (C=O) groups is 1. The number of nitrogens with two attached hydrogens (primary N) is 1. The molecule has 4 heteroatoms. The first kappa shape index (κ1) is 11.6. The summed E-state index contributed by atoms with van der Waals surface area (Å²) in [6.45, 7) is 3.75. The lowest BCUT2D eigenvalue weighted by Gasteiger charge is -2.35. The second-order valence-corrected chi connectivity index (χ2v) is 5.56. The Morgan fingerprint density at radius 2 is 2.50 bits per heavy atom. The molecule has 2 N–H and O–H groups in total. The van der Waals surface area contributed by atoms with Gasteiger partial charge in [0, 0.05) is 24.0 Å². The van der Waals surface area contributed by atoms with E-state index < -0.39 is 0 Å². The van der Waals surface area contributed by atoms with Gasteiger partial charge in [-0.2, -0.15) is 0 Å². The van der Waals surface area contributed by atoms with Gasteiger partial charge >= 0.3 is 0 Å². The van der Waals surface area contributed by atoms with Crippen LogP contribution in [0.2, 0.25) is 0 Å². The Hall–Kier alpha value is -0.870. The van der Waals surface area contributed by atoms with E-state index in [1.807, 2.05) is 22.4 Å². The van der Waals surface area contributed by atoms with Crippen LogP contribution in [0.15, 0.2) is 17.5 Å². The number of thiophene rings is 1. The summed E-state index contributed by atoms with van der Waals surface area (Å²) in [7, 11) is 0. The van der Waals surface area contributed by atoms with Gasteiger partial charge in [-0.1, -0.05) is 13.0 Å². The Morgan fingerprint density at radius 1 is 1.69 bits per heavy atom. The average molecular weight is 238 g/mol. The second-order valence-electron chi connectivity index (χ2n) is 4.53. The quantitative estimate of drug-likeness (QED) is 0.848. The second kappa shape index (κ2) is 4.97. The van der Waals surface area contributed by atoms with Crippen molar-refractivity contribution in [2.75, 3.05) is 13.1 Å². The van der Waals surface area contributed by atoms with Crippen LogP contribution in [0.1, 0.15) is 18.2 Å². The largest absolute Gasteiger partial charge is 0.342 e. The number of hydrogen-bond donors (Lipinski definition) is 1. The highest BCUT2D eigenvalue weighted by Crippen LogP contribution is 2.17. The fraction of sp³-hybridized carbons (Fsp3) is 0.583. The topological polar surface area (TPSA) is 46.3 Å². The van der Waals surface area contributed by atoms with Gasteiger partial charge in [0.25, 0.3) is 0 Å². The van der Waals surface area contributed by atoms with Crippen LogP contribution in [-0.2, 0) is 11.2 Å². The van der Waals surface area contributed by atoms with Crippen LogP contribution < -0.4 is 5.73 Å². The van der Waals surface area contributed by atoms with Crippen molar-refractivity contribution in [2.45, 2.75) is 25.8 Å². The molecule has 0 spiro atoms. The van der Waals surface area contributed by atoms with Crippen LogP contribution in [0.25, 0.3) is 0 Å². The van der Waals surface area contributed by atoms with E-state index in [4.69, 9.17) is 5.73 Å². The number of likely N-dealkylation sites (tertiary alicyclic amines) is 1. The first-order chi connectivity index (χ1) is 7.66. The summed E-state index contributed by atoms with van der Waals surface area (Å²) >= 11 is 1.64. The van der Waals surface area contributed by atoms with Crippen molar-refractivity contribution in [1.29, 1.82) is 0 Å². The fourth-order valence-electron chi connectivity index (χ4n) is 2.06. The third-order valence-corrected chi connectivity index (χ3v) is 4.11. The monoisotopic (exact) mass is 238 g/mol. The maximum Gasteiger partial charge on any atom is 0.227 e. The summed E-state index contributed by atoms with van der Waals surface area (Å²) < 4.78 is 0. The molecule has 1 aliphatic rings.